The molecule has 0 saturated carbocycles. The van der Waals surface area contributed by atoms with Gasteiger partial charge in [0.05, 0.1) is 6.10 Å². The van der Waals surface area contributed by atoms with Crippen LogP contribution < -0.4 is 15.5 Å². The van der Waals surface area contributed by atoms with Crippen molar-refractivity contribution in [3.8, 4) is 0 Å². The number of carbonyl (C=O) groups excluding carboxylic acids is 3. The summed E-state index contributed by atoms with van der Waals surface area (Å²) in [4.78, 5) is 42.5. The van der Waals surface area contributed by atoms with Gasteiger partial charge in [-0.1, -0.05) is 12.1 Å². The Morgan fingerprint density at radius 3 is 2.71 bits per heavy atom. The first-order valence-electron chi connectivity index (χ1n) is 10.2. The van der Waals surface area contributed by atoms with Gasteiger partial charge in [0, 0.05) is 37.9 Å². The van der Waals surface area contributed by atoms with Crippen molar-refractivity contribution in [2.75, 3.05) is 29.9 Å². The number of hydrogen-bond acceptors (Lipinski definition) is 5. The number of halogens is 1. The lowest BCUT2D eigenvalue weighted by Crippen LogP contribution is -2.43. The van der Waals surface area contributed by atoms with Crippen molar-refractivity contribution in [2.24, 2.45) is 0 Å². The quantitative estimate of drug-likeness (QED) is 0.638. The van der Waals surface area contributed by atoms with Crippen LogP contribution in [0.5, 0.6) is 0 Å². The normalized spacial score (nSPS) is 15.3. The second kappa shape index (κ2) is 11.2. The number of benzene rings is 1. The highest BCUT2D eigenvalue weighted by Gasteiger charge is 2.22. The molecule has 1 aromatic heterocycles. The smallest absolute Gasteiger partial charge is 0.240 e. The molecule has 0 aliphatic carbocycles. The van der Waals surface area contributed by atoms with Gasteiger partial charge >= 0.3 is 0 Å². The average molecular weight is 428 g/mol. The monoisotopic (exact) mass is 428 g/mol. The molecule has 0 bridgehead atoms. The van der Waals surface area contributed by atoms with Gasteiger partial charge in [0.1, 0.15) is 18.2 Å². The van der Waals surface area contributed by atoms with Crippen molar-refractivity contribution < 1.29 is 23.5 Å². The Morgan fingerprint density at radius 1 is 1.13 bits per heavy atom. The summed E-state index contributed by atoms with van der Waals surface area (Å²) in [5, 5.41) is 5.36. The van der Waals surface area contributed by atoms with Gasteiger partial charge in [-0.2, -0.15) is 0 Å². The van der Waals surface area contributed by atoms with E-state index in [1.54, 1.807) is 30.5 Å². The molecule has 31 heavy (non-hydrogen) atoms. The van der Waals surface area contributed by atoms with E-state index in [0.717, 1.165) is 12.8 Å². The van der Waals surface area contributed by atoms with E-state index in [1.807, 2.05) is 0 Å². The first-order valence-corrected chi connectivity index (χ1v) is 10.2. The third-order valence-electron chi connectivity index (χ3n) is 4.77. The molecule has 1 aromatic carbocycles. The molecule has 3 amide bonds. The minimum atomic E-state index is -0.525. The third-order valence-corrected chi connectivity index (χ3v) is 4.77. The van der Waals surface area contributed by atoms with Crippen LogP contribution in [0.25, 0.3) is 0 Å². The number of hydrogen-bond donors (Lipinski definition) is 2. The molecule has 2 heterocycles. The Hall–Kier alpha value is -3.33. The summed E-state index contributed by atoms with van der Waals surface area (Å²) in [5.74, 6) is -1.37. The first-order chi connectivity index (χ1) is 15.0. The van der Waals surface area contributed by atoms with E-state index in [1.165, 1.54) is 23.1 Å². The Balaban J connectivity index is 1.59. The predicted molar refractivity (Wildman–Crippen MR) is 113 cm³/mol. The zero-order chi connectivity index (χ0) is 22.1. The predicted octanol–water partition coefficient (Wildman–Crippen LogP) is 2.27. The fourth-order valence-electron chi connectivity index (χ4n) is 3.20. The highest BCUT2D eigenvalue weighted by Crippen LogP contribution is 2.17. The molecule has 8 nitrogen and oxygen atoms in total. The largest absolute Gasteiger partial charge is 0.376 e. The van der Waals surface area contributed by atoms with Crippen LogP contribution in [0.3, 0.4) is 0 Å². The molecule has 1 unspecified atom stereocenters. The summed E-state index contributed by atoms with van der Waals surface area (Å²) >= 11 is 0. The Labute approximate surface area is 179 Å². The van der Waals surface area contributed by atoms with E-state index in [4.69, 9.17) is 4.74 Å². The van der Waals surface area contributed by atoms with Crippen molar-refractivity contribution in [3.05, 3.63) is 54.5 Å². The minimum Gasteiger partial charge on any atom is -0.376 e. The number of anilines is 2. The van der Waals surface area contributed by atoms with E-state index in [9.17, 15) is 18.8 Å². The summed E-state index contributed by atoms with van der Waals surface area (Å²) in [7, 11) is 0. The van der Waals surface area contributed by atoms with Crippen molar-refractivity contribution in [3.63, 3.8) is 0 Å². The fraction of sp³-hybridized carbons (Fsp3) is 0.364. The van der Waals surface area contributed by atoms with Crippen LogP contribution in [0.15, 0.2) is 48.7 Å². The molecule has 2 aromatic rings. The molecule has 164 valence electrons. The van der Waals surface area contributed by atoms with Crippen LogP contribution in [-0.4, -0.2) is 48.5 Å². The lowest BCUT2D eigenvalue weighted by atomic mass is 10.2. The highest BCUT2D eigenvalue weighted by atomic mass is 19.1. The maximum Gasteiger partial charge on any atom is 0.240 e. The van der Waals surface area contributed by atoms with Crippen LogP contribution in [-0.2, 0) is 19.1 Å². The lowest BCUT2D eigenvalue weighted by Gasteiger charge is -2.23. The number of amides is 3. The van der Waals surface area contributed by atoms with Crippen LogP contribution in [0, 0.1) is 5.82 Å². The summed E-state index contributed by atoms with van der Waals surface area (Å²) in [6, 6.07) is 10.5. The molecule has 1 atom stereocenters. The molecule has 2 N–H and O–H groups in total. The van der Waals surface area contributed by atoms with E-state index >= 15 is 0 Å². The SMILES string of the molecule is O=C(CN(C(=O)CCC(=O)Nc1ccccn1)c1cccc(F)c1)NCC1CCCO1. The highest BCUT2D eigenvalue weighted by molar-refractivity contribution is 6.01. The summed E-state index contributed by atoms with van der Waals surface area (Å²) in [6.45, 7) is 0.752. The standard InChI is InChI=1S/C22H25FN4O4/c23-16-5-3-6-17(13-16)27(15-21(29)25-14-18-7-4-12-31-18)22(30)10-9-20(28)26-19-8-1-2-11-24-19/h1-3,5-6,8,11,13,18H,4,7,9-10,12,14-15H2,(H,25,29)(H,24,26,28). The Morgan fingerprint density at radius 2 is 2.00 bits per heavy atom. The van der Waals surface area contributed by atoms with Gasteiger partial charge in [0.2, 0.25) is 17.7 Å². The van der Waals surface area contributed by atoms with Crippen molar-refractivity contribution in [1.29, 1.82) is 0 Å². The fourth-order valence-corrected chi connectivity index (χ4v) is 3.20. The average Bonchev–Trinajstić information content (AvgIpc) is 3.29. The molecule has 1 fully saturated rings. The van der Waals surface area contributed by atoms with Gasteiger partial charge < -0.3 is 20.3 Å². The molecule has 1 aliphatic rings. The van der Waals surface area contributed by atoms with Crippen molar-refractivity contribution in [1.82, 2.24) is 10.3 Å². The Kier molecular flexibility index (Phi) is 8.05. The summed E-state index contributed by atoms with van der Waals surface area (Å²) in [6.07, 6.45) is 3.10. The third kappa shape index (κ3) is 7.14. The number of nitrogens with zero attached hydrogens (tertiary/aromatic N) is 2. The summed E-state index contributed by atoms with van der Waals surface area (Å²) in [5.41, 5.74) is 0.252. The molecule has 9 heteroatoms. The van der Waals surface area contributed by atoms with E-state index in [2.05, 4.69) is 15.6 Å². The topological polar surface area (TPSA) is 101 Å². The number of nitrogens with one attached hydrogen (secondary N) is 2. The van der Waals surface area contributed by atoms with E-state index in [0.29, 0.717) is 19.0 Å². The molecular weight excluding hydrogens is 403 g/mol. The van der Waals surface area contributed by atoms with Gasteiger partial charge in [-0.15, -0.1) is 0 Å². The van der Waals surface area contributed by atoms with Gasteiger partial charge in [0.25, 0.3) is 0 Å². The molecule has 0 spiro atoms. The maximum absolute atomic E-state index is 13.7. The first kappa shape index (κ1) is 22.4. The lowest BCUT2D eigenvalue weighted by molar-refractivity contribution is -0.125. The minimum absolute atomic E-state index is 0.0300. The van der Waals surface area contributed by atoms with Gasteiger partial charge in [-0.3, -0.25) is 14.4 Å². The molecule has 3 rings (SSSR count). The van der Waals surface area contributed by atoms with Crippen LogP contribution in [0.1, 0.15) is 25.7 Å². The molecule has 0 radical (unpaired) electrons. The summed E-state index contributed by atoms with van der Waals surface area (Å²) < 4.78 is 19.2. The van der Waals surface area contributed by atoms with E-state index in [-0.39, 0.29) is 43.0 Å². The molecule has 1 saturated heterocycles. The van der Waals surface area contributed by atoms with Gasteiger partial charge in [-0.25, -0.2) is 9.37 Å². The van der Waals surface area contributed by atoms with Gasteiger partial charge in [0.15, 0.2) is 0 Å². The number of carbonyl (C=O) groups is 3. The van der Waals surface area contributed by atoms with Crippen LogP contribution in [0.4, 0.5) is 15.9 Å². The number of rotatable bonds is 9. The number of ether oxygens (including phenoxy) is 1. The molecular formula is C22H25FN4O4. The Bertz CT molecular complexity index is 903. The number of aromatic nitrogens is 1. The second-order valence-electron chi connectivity index (χ2n) is 7.16. The van der Waals surface area contributed by atoms with Crippen LogP contribution in [0.2, 0.25) is 0 Å². The zero-order valence-electron chi connectivity index (χ0n) is 17.1. The van der Waals surface area contributed by atoms with E-state index < -0.39 is 11.7 Å². The number of pyridine rings is 1. The van der Waals surface area contributed by atoms with Crippen molar-refractivity contribution >= 4 is 29.2 Å². The second-order valence-corrected chi connectivity index (χ2v) is 7.16. The zero-order valence-corrected chi connectivity index (χ0v) is 17.1. The maximum atomic E-state index is 13.7. The van der Waals surface area contributed by atoms with Crippen LogP contribution >= 0.6 is 0 Å². The van der Waals surface area contributed by atoms with Gasteiger partial charge in [-0.05, 0) is 43.2 Å². The van der Waals surface area contributed by atoms with Crippen molar-refractivity contribution in [2.45, 2.75) is 31.8 Å². The molecule has 1 aliphatic heterocycles.